The third-order valence-corrected chi connectivity index (χ3v) is 5.84. The van der Waals surface area contributed by atoms with Crippen LogP contribution in [-0.4, -0.2) is 34.0 Å². The fourth-order valence-electron chi connectivity index (χ4n) is 2.74. The van der Waals surface area contributed by atoms with Gasteiger partial charge in [-0.25, -0.2) is 12.8 Å². The van der Waals surface area contributed by atoms with Gasteiger partial charge in [-0.15, -0.1) is 0 Å². The molecule has 0 unspecified atom stereocenters. The third kappa shape index (κ3) is 3.67. The van der Waals surface area contributed by atoms with Crippen LogP contribution in [0.5, 0.6) is 5.75 Å². The molecule has 9 heteroatoms. The first-order valence-electron chi connectivity index (χ1n) is 7.74. The van der Waals surface area contributed by atoms with Crippen molar-refractivity contribution in [2.24, 2.45) is 0 Å². The van der Waals surface area contributed by atoms with E-state index >= 15 is 0 Å². The van der Waals surface area contributed by atoms with Crippen LogP contribution in [0.4, 0.5) is 10.1 Å². The highest BCUT2D eigenvalue weighted by Crippen LogP contribution is 2.28. The molecule has 0 spiro atoms. The molecule has 1 fully saturated rings. The quantitative estimate of drug-likeness (QED) is 0.839. The Hall–Kier alpha value is -2.16. The summed E-state index contributed by atoms with van der Waals surface area (Å²) in [5.41, 5.74) is 0.519. The summed E-state index contributed by atoms with van der Waals surface area (Å²) in [5.74, 6) is -0.445. The average Bonchev–Trinajstić information content (AvgIpc) is 2.96. The lowest BCUT2D eigenvalue weighted by Crippen LogP contribution is -2.41. The zero-order valence-electron chi connectivity index (χ0n) is 13.8. The molecule has 0 aliphatic carbocycles. The molecule has 3 rings (SSSR count). The number of methoxy groups -OCH3 is 1. The topological polar surface area (TPSA) is 75.7 Å². The Morgan fingerprint density at radius 1 is 1.23 bits per heavy atom. The molecule has 1 saturated heterocycles. The first-order chi connectivity index (χ1) is 12.3. The van der Waals surface area contributed by atoms with E-state index < -0.39 is 21.9 Å². The molecular formula is C17H16ClFN2O4S. The van der Waals surface area contributed by atoms with E-state index in [1.165, 1.54) is 54.5 Å². The van der Waals surface area contributed by atoms with Gasteiger partial charge in [0, 0.05) is 12.2 Å². The second kappa shape index (κ2) is 7.22. The van der Waals surface area contributed by atoms with Crippen molar-refractivity contribution in [1.82, 2.24) is 4.72 Å². The minimum atomic E-state index is -3.93. The van der Waals surface area contributed by atoms with Crippen LogP contribution >= 0.6 is 11.6 Å². The summed E-state index contributed by atoms with van der Waals surface area (Å²) in [7, 11) is -2.51. The van der Waals surface area contributed by atoms with Gasteiger partial charge in [0.15, 0.2) is 0 Å². The molecular weight excluding hydrogens is 383 g/mol. The van der Waals surface area contributed by atoms with E-state index in [0.29, 0.717) is 24.4 Å². The molecule has 1 amide bonds. The van der Waals surface area contributed by atoms with Gasteiger partial charge in [0.2, 0.25) is 15.9 Å². The number of anilines is 1. The fourth-order valence-corrected chi connectivity index (χ4v) is 4.31. The minimum Gasteiger partial charge on any atom is -0.495 e. The number of ether oxygens (including phenoxy) is 1. The molecule has 138 valence electrons. The van der Waals surface area contributed by atoms with Gasteiger partial charge in [0.05, 0.1) is 17.0 Å². The summed E-state index contributed by atoms with van der Waals surface area (Å²) in [6.07, 6.45) is 0.305. The zero-order chi connectivity index (χ0) is 18.9. The average molecular weight is 399 g/mol. The maximum absolute atomic E-state index is 13.0. The van der Waals surface area contributed by atoms with Crippen molar-refractivity contribution in [3.05, 3.63) is 53.3 Å². The Bertz CT molecular complexity index is 934. The molecule has 0 bridgehead atoms. The summed E-state index contributed by atoms with van der Waals surface area (Å²) in [5, 5.41) is 0.154. The number of amides is 1. The van der Waals surface area contributed by atoms with Gasteiger partial charge in [-0.3, -0.25) is 4.79 Å². The summed E-state index contributed by atoms with van der Waals surface area (Å²) >= 11 is 5.97. The van der Waals surface area contributed by atoms with Gasteiger partial charge in [-0.2, -0.15) is 4.72 Å². The number of sulfonamides is 1. The second-order valence-electron chi connectivity index (χ2n) is 5.73. The number of hydrogen-bond donors (Lipinski definition) is 1. The lowest BCUT2D eigenvalue weighted by molar-refractivity contribution is -0.118. The van der Waals surface area contributed by atoms with E-state index in [2.05, 4.69) is 4.72 Å². The van der Waals surface area contributed by atoms with E-state index in [-0.39, 0.29) is 15.8 Å². The summed E-state index contributed by atoms with van der Waals surface area (Å²) < 4.78 is 45.5. The highest BCUT2D eigenvalue weighted by Gasteiger charge is 2.35. The largest absolute Gasteiger partial charge is 0.495 e. The molecule has 1 atom stereocenters. The normalized spacial score (nSPS) is 17.6. The van der Waals surface area contributed by atoms with Crippen LogP contribution in [0.1, 0.15) is 6.42 Å². The van der Waals surface area contributed by atoms with Gasteiger partial charge in [0.25, 0.3) is 0 Å². The van der Waals surface area contributed by atoms with E-state index in [1.54, 1.807) is 0 Å². The maximum atomic E-state index is 13.0. The number of rotatable bonds is 5. The zero-order valence-corrected chi connectivity index (χ0v) is 15.3. The van der Waals surface area contributed by atoms with E-state index in [9.17, 15) is 17.6 Å². The molecule has 1 aliphatic heterocycles. The Balaban J connectivity index is 1.77. The van der Waals surface area contributed by atoms with E-state index in [4.69, 9.17) is 16.3 Å². The smallest absolute Gasteiger partial charge is 0.245 e. The van der Waals surface area contributed by atoms with Crippen LogP contribution in [0.3, 0.4) is 0 Å². The van der Waals surface area contributed by atoms with Crippen LogP contribution in [0, 0.1) is 5.82 Å². The molecule has 6 nitrogen and oxygen atoms in total. The standard InChI is InChI=1S/C17H16ClFN2O4S/c1-25-16-7-6-13(10-14(16)18)26(23,24)20-15-8-9-21(17(15)22)12-4-2-11(19)3-5-12/h2-7,10,15,20H,8-9H2,1H3/t15-/m0/s1. The Kier molecular flexibility index (Phi) is 5.17. The van der Waals surface area contributed by atoms with Crippen LogP contribution in [-0.2, 0) is 14.8 Å². The van der Waals surface area contributed by atoms with Crippen LogP contribution in [0.2, 0.25) is 5.02 Å². The van der Waals surface area contributed by atoms with Crippen molar-refractivity contribution in [1.29, 1.82) is 0 Å². The predicted molar refractivity (Wildman–Crippen MR) is 95.5 cm³/mol. The highest BCUT2D eigenvalue weighted by atomic mass is 35.5. The Morgan fingerprint density at radius 2 is 1.92 bits per heavy atom. The number of carbonyl (C=O) groups excluding carboxylic acids is 1. The number of halogens is 2. The number of nitrogens with one attached hydrogen (secondary N) is 1. The van der Waals surface area contributed by atoms with E-state index in [1.807, 2.05) is 0 Å². The number of nitrogens with zero attached hydrogens (tertiary/aromatic N) is 1. The van der Waals surface area contributed by atoms with Crippen molar-refractivity contribution >= 4 is 33.2 Å². The molecule has 1 aliphatic rings. The Labute approximate surface area is 155 Å². The molecule has 0 aromatic heterocycles. The first kappa shape index (κ1) is 18.6. The number of hydrogen-bond acceptors (Lipinski definition) is 4. The van der Waals surface area contributed by atoms with Gasteiger partial charge >= 0.3 is 0 Å². The molecule has 26 heavy (non-hydrogen) atoms. The fraction of sp³-hybridized carbons (Fsp3) is 0.235. The van der Waals surface area contributed by atoms with Gasteiger partial charge in [-0.1, -0.05) is 11.6 Å². The van der Waals surface area contributed by atoms with Gasteiger partial charge in [0.1, 0.15) is 17.6 Å². The first-order valence-corrected chi connectivity index (χ1v) is 9.61. The minimum absolute atomic E-state index is 0.0590. The monoisotopic (exact) mass is 398 g/mol. The van der Waals surface area contributed by atoms with Crippen LogP contribution in [0.25, 0.3) is 0 Å². The second-order valence-corrected chi connectivity index (χ2v) is 7.85. The van der Waals surface area contributed by atoms with E-state index in [0.717, 1.165) is 0 Å². The lowest BCUT2D eigenvalue weighted by Gasteiger charge is -2.17. The predicted octanol–water partition coefficient (Wildman–Crippen LogP) is 2.57. The van der Waals surface area contributed by atoms with Crippen molar-refractivity contribution in [3.63, 3.8) is 0 Å². The van der Waals surface area contributed by atoms with Gasteiger partial charge in [-0.05, 0) is 48.9 Å². The molecule has 1 heterocycles. The third-order valence-electron chi connectivity index (χ3n) is 4.07. The van der Waals surface area contributed by atoms with Gasteiger partial charge < -0.3 is 9.64 Å². The SMILES string of the molecule is COc1ccc(S(=O)(=O)N[C@H]2CCN(c3ccc(F)cc3)C2=O)cc1Cl. The van der Waals surface area contributed by atoms with Crippen molar-refractivity contribution < 1.29 is 22.3 Å². The van der Waals surface area contributed by atoms with Crippen molar-refractivity contribution in [3.8, 4) is 5.75 Å². The number of benzene rings is 2. The Morgan fingerprint density at radius 3 is 2.54 bits per heavy atom. The summed E-state index contributed by atoms with van der Waals surface area (Å²) in [4.78, 5) is 13.9. The van der Waals surface area contributed by atoms with Crippen molar-refractivity contribution in [2.45, 2.75) is 17.4 Å². The van der Waals surface area contributed by atoms with Crippen LogP contribution < -0.4 is 14.4 Å². The number of carbonyl (C=O) groups is 1. The summed E-state index contributed by atoms with van der Waals surface area (Å²) in [6.45, 7) is 0.334. The maximum Gasteiger partial charge on any atom is 0.245 e. The van der Waals surface area contributed by atoms with Crippen molar-refractivity contribution in [2.75, 3.05) is 18.6 Å². The molecule has 0 radical (unpaired) electrons. The highest BCUT2D eigenvalue weighted by molar-refractivity contribution is 7.89. The molecule has 0 saturated carbocycles. The molecule has 1 N–H and O–H groups in total. The summed E-state index contributed by atoms with van der Waals surface area (Å²) in [6, 6.07) is 8.62. The molecule has 2 aromatic rings. The molecule has 2 aromatic carbocycles. The van der Waals surface area contributed by atoms with Crippen LogP contribution in [0.15, 0.2) is 47.4 Å². The lowest BCUT2D eigenvalue weighted by atomic mass is 10.3.